The molecule has 0 heterocycles. The molecule has 18 heavy (non-hydrogen) atoms. The summed E-state index contributed by atoms with van der Waals surface area (Å²) in [6.07, 6.45) is 1.88. The second-order valence-corrected chi connectivity index (χ2v) is 6.35. The summed E-state index contributed by atoms with van der Waals surface area (Å²) in [6.45, 7) is 8.64. The summed E-state index contributed by atoms with van der Waals surface area (Å²) in [7, 11) is 0. The van der Waals surface area contributed by atoms with Crippen molar-refractivity contribution in [1.29, 1.82) is 0 Å². The van der Waals surface area contributed by atoms with Crippen LogP contribution in [0.15, 0.2) is 22.7 Å². The Balaban J connectivity index is 2.35. The van der Waals surface area contributed by atoms with Gasteiger partial charge in [0.25, 0.3) is 0 Å². The van der Waals surface area contributed by atoms with Crippen LogP contribution in [0, 0.1) is 17.7 Å². The van der Waals surface area contributed by atoms with Gasteiger partial charge in [-0.05, 0) is 61.5 Å². The van der Waals surface area contributed by atoms with Crippen molar-refractivity contribution >= 4 is 15.9 Å². The standard InChI is InChI=1S/C15H23BrFN/c1-11(2)10-18-7-6-12(3)8-13-9-14(16)4-5-15(13)17/h4-5,9,11-12,18H,6-8,10H2,1-3H3. The Morgan fingerprint density at radius 3 is 2.67 bits per heavy atom. The zero-order chi connectivity index (χ0) is 13.5. The first-order valence-electron chi connectivity index (χ1n) is 6.63. The monoisotopic (exact) mass is 315 g/mol. The third-order valence-electron chi connectivity index (χ3n) is 2.94. The minimum Gasteiger partial charge on any atom is -0.316 e. The second kappa shape index (κ2) is 7.90. The van der Waals surface area contributed by atoms with Crippen molar-refractivity contribution in [2.45, 2.75) is 33.6 Å². The summed E-state index contributed by atoms with van der Waals surface area (Å²) in [5, 5.41) is 3.42. The van der Waals surface area contributed by atoms with Crippen molar-refractivity contribution in [2.24, 2.45) is 11.8 Å². The van der Waals surface area contributed by atoms with Crippen molar-refractivity contribution in [3.63, 3.8) is 0 Å². The van der Waals surface area contributed by atoms with Crippen LogP contribution in [-0.4, -0.2) is 13.1 Å². The molecule has 3 heteroatoms. The van der Waals surface area contributed by atoms with Crippen molar-refractivity contribution in [2.75, 3.05) is 13.1 Å². The molecule has 1 rings (SSSR count). The molecule has 0 saturated heterocycles. The van der Waals surface area contributed by atoms with Gasteiger partial charge in [-0.15, -0.1) is 0 Å². The molecule has 0 saturated carbocycles. The van der Waals surface area contributed by atoms with Gasteiger partial charge < -0.3 is 5.32 Å². The summed E-state index contributed by atoms with van der Waals surface area (Å²) in [5.41, 5.74) is 0.806. The molecule has 1 atom stereocenters. The first-order valence-corrected chi connectivity index (χ1v) is 7.43. The summed E-state index contributed by atoms with van der Waals surface area (Å²) in [5.74, 6) is 1.08. The van der Waals surface area contributed by atoms with Crippen molar-refractivity contribution in [3.05, 3.63) is 34.1 Å². The average molecular weight is 316 g/mol. The lowest BCUT2D eigenvalue weighted by atomic mass is 9.97. The van der Waals surface area contributed by atoms with Gasteiger partial charge in [-0.2, -0.15) is 0 Å². The Kier molecular flexibility index (Phi) is 6.87. The first kappa shape index (κ1) is 15.6. The fourth-order valence-corrected chi connectivity index (χ4v) is 2.32. The van der Waals surface area contributed by atoms with Gasteiger partial charge in [-0.3, -0.25) is 0 Å². The van der Waals surface area contributed by atoms with Gasteiger partial charge in [0.2, 0.25) is 0 Å². The van der Waals surface area contributed by atoms with E-state index in [0.717, 1.165) is 36.0 Å². The highest BCUT2D eigenvalue weighted by Gasteiger charge is 2.08. The zero-order valence-electron chi connectivity index (χ0n) is 11.5. The Bertz CT molecular complexity index is 366. The van der Waals surface area contributed by atoms with Crippen LogP contribution in [0.4, 0.5) is 4.39 Å². The Morgan fingerprint density at radius 1 is 1.28 bits per heavy atom. The Morgan fingerprint density at radius 2 is 2.00 bits per heavy atom. The van der Waals surface area contributed by atoms with Crippen LogP contribution in [-0.2, 0) is 6.42 Å². The van der Waals surface area contributed by atoms with E-state index < -0.39 is 0 Å². The molecule has 0 fully saturated rings. The minimum absolute atomic E-state index is 0.0970. The van der Waals surface area contributed by atoms with Crippen LogP contribution < -0.4 is 5.32 Å². The van der Waals surface area contributed by atoms with Crippen LogP contribution in [0.2, 0.25) is 0 Å². The van der Waals surface area contributed by atoms with E-state index >= 15 is 0 Å². The topological polar surface area (TPSA) is 12.0 Å². The smallest absolute Gasteiger partial charge is 0.126 e. The molecular formula is C15H23BrFN. The number of halogens is 2. The van der Waals surface area contributed by atoms with Crippen LogP contribution >= 0.6 is 15.9 Å². The molecule has 1 nitrogen and oxygen atoms in total. The third kappa shape index (κ3) is 5.96. The van der Waals surface area contributed by atoms with Crippen molar-refractivity contribution < 1.29 is 4.39 Å². The Hall–Kier alpha value is -0.410. The van der Waals surface area contributed by atoms with Gasteiger partial charge in [0.15, 0.2) is 0 Å². The molecule has 0 aliphatic rings. The molecule has 1 unspecified atom stereocenters. The van der Waals surface area contributed by atoms with Gasteiger partial charge in [-0.25, -0.2) is 4.39 Å². The van der Waals surface area contributed by atoms with E-state index in [4.69, 9.17) is 0 Å². The Labute approximate surface area is 118 Å². The van der Waals surface area contributed by atoms with Crippen LogP contribution in [0.3, 0.4) is 0 Å². The highest BCUT2D eigenvalue weighted by Crippen LogP contribution is 2.19. The maximum Gasteiger partial charge on any atom is 0.126 e. The van der Waals surface area contributed by atoms with Gasteiger partial charge in [0.05, 0.1) is 0 Å². The maximum atomic E-state index is 13.6. The summed E-state index contributed by atoms with van der Waals surface area (Å²) < 4.78 is 14.5. The van der Waals surface area contributed by atoms with E-state index in [0.29, 0.717) is 11.8 Å². The molecule has 1 aromatic rings. The number of rotatable bonds is 7. The molecule has 0 spiro atoms. The fraction of sp³-hybridized carbons (Fsp3) is 0.600. The van der Waals surface area contributed by atoms with Crippen LogP contribution in [0.1, 0.15) is 32.8 Å². The SMILES string of the molecule is CC(C)CNCCC(C)Cc1cc(Br)ccc1F. The van der Waals surface area contributed by atoms with Gasteiger partial charge in [-0.1, -0.05) is 36.7 Å². The van der Waals surface area contributed by atoms with E-state index in [2.05, 4.69) is 42.0 Å². The van der Waals surface area contributed by atoms with E-state index in [9.17, 15) is 4.39 Å². The van der Waals surface area contributed by atoms with Gasteiger partial charge in [0.1, 0.15) is 5.82 Å². The van der Waals surface area contributed by atoms with E-state index in [-0.39, 0.29) is 5.82 Å². The van der Waals surface area contributed by atoms with E-state index in [1.807, 2.05) is 6.07 Å². The molecule has 1 aromatic carbocycles. The minimum atomic E-state index is -0.0970. The predicted octanol–water partition coefficient (Wildman–Crippen LogP) is 4.40. The van der Waals surface area contributed by atoms with Crippen molar-refractivity contribution in [3.8, 4) is 0 Å². The average Bonchev–Trinajstić information content (AvgIpc) is 2.29. The summed E-state index contributed by atoms with van der Waals surface area (Å²) >= 11 is 3.39. The zero-order valence-corrected chi connectivity index (χ0v) is 13.1. The van der Waals surface area contributed by atoms with Crippen molar-refractivity contribution in [1.82, 2.24) is 5.32 Å². The highest BCUT2D eigenvalue weighted by atomic mass is 79.9. The molecule has 102 valence electrons. The maximum absolute atomic E-state index is 13.6. The molecule has 0 aliphatic heterocycles. The number of benzene rings is 1. The largest absolute Gasteiger partial charge is 0.316 e. The highest BCUT2D eigenvalue weighted by molar-refractivity contribution is 9.10. The first-order chi connectivity index (χ1) is 8.49. The van der Waals surface area contributed by atoms with Crippen LogP contribution in [0.25, 0.3) is 0 Å². The molecule has 0 aromatic heterocycles. The molecule has 0 aliphatic carbocycles. The molecular weight excluding hydrogens is 293 g/mol. The molecule has 0 amide bonds. The van der Waals surface area contributed by atoms with E-state index in [1.54, 1.807) is 6.07 Å². The van der Waals surface area contributed by atoms with Crippen LogP contribution in [0.5, 0.6) is 0 Å². The van der Waals surface area contributed by atoms with Gasteiger partial charge in [0, 0.05) is 4.47 Å². The predicted molar refractivity (Wildman–Crippen MR) is 79.3 cm³/mol. The summed E-state index contributed by atoms with van der Waals surface area (Å²) in [4.78, 5) is 0. The third-order valence-corrected chi connectivity index (χ3v) is 3.44. The lowest BCUT2D eigenvalue weighted by Crippen LogP contribution is -2.22. The molecule has 0 radical (unpaired) electrons. The second-order valence-electron chi connectivity index (χ2n) is 5.43. The molecule has 1 N–H and O–H groups in total. The lowest BCUT2D eigenvalue weighted by molar-refractivity contribution is 0.467. The fourth-order valence-electron chi connectivity index (χ4n) is 1.92. The number of nitrogens with one attached hydrogen (secondary N) is 1. The summed E-state index contributed by atoms with van der Waals surface area (Å²) in [6, 6.07) is 5.16. The lowest BCUT2D eigenvalue weighted by Gasteiger charge is -2.13. The molecule has 0 bridgehead atoms. The van der Waals surface area contributed by atoms with E-state index in [1.165, 1.54) is 6.07 Å². The quantitative estimate of drug-likeness (QED) is 0.735. The number of hydrogen-bond acceptors (Lipinski definition) is 1. The number of hydrogen-bond donors (Lipinski definition) is 1. The van der Waals surface area contributed by atoms with Gasteiger partial charge >= 0.3 is 0 Å². The normalized spacial score (nSPS) is 13.0.